The van der Waals surface area contributed by atoms with Gasteiger partial charge in [-0.3, -0.25) is 0 Å². The Kier molecular flexibility index (Phi) is 7.84. The lowest BCUT2D eigenvalue weighted by atomic mass is 10.2. The molecular formula is C20H19N5O4. The number of ether oxygens (including phenoxy) is 2. The molecule has 0 unspecified atom stereocenters. The van der Waals surface area contributed by atoms with Crippen LogP contribution in [0, 0.1) is 22.7 Å². The van der Waals surface area contributed by atoms with Crippen LogP contribution in [-0.4, -0.2) is 25.8 Å². The van der Waals surface area contributed by atoms with E-state index in [9.17, 15) is 9.59 Å². The summed E-state index contributed by atoms with van der Waals surface area (Å²) in [6.07, 6.45) is -0.487. The van der Waals surface area contributed by atoms with Gasteiger partial charge in [-0.25, -0.2) is 9.59 Å². The van der Waals surface area contributed by atoms with Crippen LogP contribution in [0.5, 0.6) is 5.75 Å². The van der Waals surface area contributed by atoms with Crippen LogP contribution in [0.1, 0.15) is 17.5 Å². The van der Waals surface area contributed by atoms with Gasteiger partial charge in [0.1, 0.15) is 18.4 Å². The third kappa shape index (κ3) is 6.77. The van der Waals surface area contributed by atoms with E-state index in [0.717, 1.165) is 5.56 Å². The molecule has 3 N–H and O–H groups in total. The molecule has 2 aromatic rings. The number of carbonyl (C=O) groups is 2. The zero-order chi connectivity index (χ0) is 21.1. The van der Waals surface area contributed by atoms with E-state index in [1.807, 2.05) is 12.1 Å². The molecule has 3 amide bonds. The highest BCUT2D eigenvalue weighted by Gasteiger charge is 2.08. The maximum Gasteiger partial charge on any atom is 0.407 e. The fourth-order valence-electron chi connectivity index (χ4n) is 2.33. The summed E-state index contributed by atoms with van der Waals surface area (Å²) < 4.78 is 9.93. The quantitative estimate of drug-likeness (QED) is 0.617. The molecule has 0 heterocycles. The Bertz CT molecular complexity index is 962. The van der Waals surface area contributed by atoms with Crippen molar-refractivity contribution in [3.63, 3.8) is 0 Å². The fourth-order valence-corrected chi connectivity index (χ4v) is 2.33. The average Bonchev–Trinajstić information content (AvgIpc) is 2.72. The third-order valence-electron chi connectivity index (χ3n) is 3.65. The molecule has 0 aliphatic carbocycles. The smallest absolute Gasteiger partial charge is 0.407 e. The first-order valence-corrected chi connectivity index (χ1v) is 8.58. The van der Waals surface area contributed by atoms with Gasteiger partial charge in [0.2, 0.25) is 0 Å². The Morgan fingerprint density at radius 1 is 1.07 bits per heavy atom. The Balaban J connectivity index is 1.91. The number of nitrogens with one attached hydrogen (secondary N) is 3. The number of amides is 3. The zero-order valence-electron chi connectivity index (χ0n) is 15.7. The van der Waals surface area contributed by atoms with Gasteiger partial charge < -0.3 is 25.4 Å². The third-order valence-corrected chi connectivity index (χ3v) is 3.65. The summed E-state index contributed by atoms with van der Waals surface area (Å²) >= 11 is 0. The highest BCUT2D eigenvalue weighted by molar-refractivity contribution is 6.00. The van der Waals surface area contributed by atoms with Gasteiger partial charge in [0.05, 0.1) is 25.2 Å². The second-order valence-corrected chi connectivity index (χ2v) is 5.70. The highest BCUT2D eigenvalue weighted by Crippen LogP contribution is 2.22. The van der Waals surface area contributed by atoms with E-state index < -0.39 is 12.1 Å². The molecule has 29 heavy (non-hydrogen) atoms. The van der Waals surface area contributed by atoms with Crippen LogP contribution in [0.3, 0.4) is 0 Å². The number of alkyl carbamates (subject to hydrolysis) is 1. The van der Waals surface area contributed by atoms with Crippen LogP contribution < -0.4 is 20.7 Å². The van der Waals surface area contributed by atoms with Gasteiger partial charge in [0.15, 0.2) is 0 Å². The minimum atomic E-state index is -0.619. The minimum Gasteiger partial charge on any atom is -0.495 e. The summed E-state index contributed by atoms with van der Waals surface area (Å²) in [4.78, 5) is 23.7. The molecule has 0 radical (unpaired) electrons. The summed E-state index contributed by atoms with van der Waals surface area (Å²) in [5.41, 5.74) is 2.11. The van der Waals surface area contributed by atoms with Gasteiger partial charge >= 0.3 is 12.1 Å². The Morgan fingerprint density at radius 3 is 2.52 bits per heavy atom. The lowest BCUT2D eigenvalue weighted by molar-refractivity contribution is 0.148. The van der Waals surface area contributed by atoms with Crippen molar-refractivity contribution < 1.29 is 19.1 Å². The highest BCUT2D eigenvalue weighted by atomic mass is 16.5. The number of urea groups is 1. The molecular weight excluding hydrogens is 374 g/mol. The first-order valence-electron chi connectivity index (χ1n) is 8.58. The van der Waals surface area contributed by atoms with E-state index in [-0.39, 0.29) is 19.6 Å². The number of carbonyl (C=O) groups excluding carboxylic acids is 2. The largest absolute Gasteiger partial charge is 0.495 e. The Morgan fingerprint density at radius 2 is 1.83 bits per heavy atom. The number of anilines is 2. The van der Waals surface area contributed by atoms with Gasteiger partial charge in [0.25, 0.3) is 0 Å². The van der Waals surface area contributed by atoms with Crippen molar-refractivity contribution in [2.75, 3.05) is 24.4 Å². The molecule has 2 rings (SSSR count). The van der Waals surface area contributed by atoms with E-state index in [1.165, 1.54) is 7.11 Å². The number of nitriles is 2. The van der Waals surface area contributed by atoms with E-state index in [4.69, 9.17) is 20.0 Å². The maximum absolute atomic E-state index is 12.2. The second kappa shape index (κ2) is 10.8. The van der Waals surface area contributed by atoms with Gasteiger partial charge in [-0.05, 0) is 29.8 Å². The summed E-state index contributed by atoms with van der Waals surface area (Å²) in [6.45, 7) is 0.236. The summed E-state index contributed by atoms with van der Waals surface area (Å²) in [5.74, 6) is 0.361. The number of methoxy groups -OCH3 is 1. The van der Waals surface area contributed by atoms with E-state index >= 15 is 0 Å². The number of benzene rings is 2. The van der Waals surface area contributed by atoms with Crippen LogP contribution in [0.15, 0.2) is 42.5 Å². The number of hydrogen-bond acceptors (Lipinski definition) is 6. The van der Waals surface area contributed by atoms with Crippen LogP contribution >= 0.6 is 0 Å². The van der Waals surface area contributed by atoms with Gasteiger partial charge in [-0.1, -0.05) is 12.1 Å². The summed E-state index contributed by atoms with van der Waals surface area (Å²) in [5, 5.41) is 25.3. The lowest BCUT2D eigenvalue weighted by Gasteiger charge is -2.11. The van der Waals surface area contributed by atoms with Crippen molar-refractivity contribution in [2.45, 2.75) is 13.0 Å². The molecule has 0 saturated heterocycles. The monoisotopic (exact) mass is 393 g/mol. The average molecular weight is 393 g/mol. The second-order valence-electron chi connectivity index (χ2n) is 5.70. The molecule has 0 aromatic heterocycles. The molecule has 0 fully saturated rings. The van der Waals surface area contributed by atoms with Crippen molar-refractivity contribution in [3.8, 4) is 17.9 Å². The summed E-state index contributed by atoms with van der Waals surface area (Å²) in [7, 11) is 1.44. The minimum absolute atomic E-state index is 0.0320. The zero-order valence-corrected chi connectivity index (χ0v) is 15.7. The van der Waals surface area contributed by atoms with Crippen molar-refractivity contribution in [1.82, 2.24) is 5.32 Å². The van der Waals surface area contributed by atoms with E-state index in [0.29, 0.717) is 22.7 Å². The molecule has 2 aromatic carbocycles. The Hall–Kier alpha value is -4.24. The molecule has 0 bridgehead atoms. The van der Waals surface area contributed by atoms with Crippen LogP contribution in [0.2, 0.25) is 0 Å². The van der Waals surface area contributed by atoms with Gasteiger partial charge in [-0.15, -0.1) is 0 Å². The van der Waals surface area contributed by atoms with E-state index in [2.05, 4.69) is 16.0 Å². The number of nitrogens with zero attached hydrogens (tertiary/aromatic N) is 2. The molecule has 0 atom stereocenters. The Labute approximate surface area is 167 Å². The maximum atomic E-state index is 12.2. The first-order chi connectivity index (χ1) is 14.0. The van der Waals surface area contributed by atoms with Crippen molar-refractivity contribution in [1.29, 1.82) is 10.5 Å². The first kappa shape index (κ1) is 21.1. The van der Waals surface area contributed by atoms with E-state index in [1.54, 1.807) is 42.5 Å². The molecule has 148 valence electrons. The van der Waals surface area contributed by atoms with Crippen LogP contribution in [0.25, 0.3) is 0 Å². The van der Waals surface area contributed by atoms with Crippen molar-refractivity contribution in [3.05, 3.63) is 53.6 Å². The van der Waals surface area contributed by atoms with Crippen molar-refractivity contribution >= 4 is 23.5 Å². The topological polar surface area (TPSA) is 136 Å². The SMILES string of the molecule is COc1cc(NC(=O)Nc2cccc(CNC(=O)OCCC#N)c2)ccc1C#N. The number of rotatable bonds is 7. The fraction of sp³-hybridized carbons (Fsp3) is 0.200. The molecule has 0 saturated carbocycles. The van der Waals surface area contributed by atoms with Gasteiger partial charge in [-0.2, -0.15) is 10.5 Å². The molecule has 0 spiro atoms. The predicted molar refractivity (Wildman–Crippen MR) is 105 cm³/mol. The summed E-state index contributed by atoms with van der Waals surface area (Å²) in [6, 6.07) is 15.0. The lowest BCUT2D eigenvalue weighted by Crippen LogP contribution is -2.24. The van der Waals surface area contributed by atoms with Crippen molar-refractivity contribution in [2.24, 2.45) is 0 Å². The molecule has 9 nitrogen and oxygen atoms in total. The predicted octanol–water partition coefficient (Wildman–Crippen LogP) is 3.35. The molecule has 0 aliphatic rings. The molecule has 9 heteroatoms. The standard InChI is InChI=1S/C20H19N5O4/c1-28-18-11-17(7-6-15(18)12-22)25-19(26)24-16-5-2-4-14(10-16)13-23-20(27)29-9-3-8-21/h2,4-7,10-11H,3,9,13H2,1H3,(H,23,27)(H2,24,25,26). The van der Waals surface area contributed by atoms with Crippen LogP contribution in [-0.2, 0) is 11.3 Å². The normalized spacial score (nSPS) is 9.48. The van der Waals surface area contributed by atoms with Crippen LogP contribution in [0.4, 0.5) is 21.0 Å². The molecule has 0 aliphatic heterocycles. The van der Waals surface area contributed by atoms with Gasteiger partial charge in [0, 0.05) is 24.0 Å². The number of hydrogen-bond donors (Lipinski definition) is 3.